The van der Waals surface area contributed by atoms with E-state index in [1.54, 1.807) is 17.0 Å². The van der Waals surface area contributed by atoms with Gasteiger partial charge in [0.15, 0.2) is 5.78 Å². The van der Waals surface area contributed by atoms with Crippen molar-refractivity contribution in [2.24, 2.45) is 0 Å². The number of Topliss-reactive ketones (excluding diaryl/α,β-unsaturated/α-hetero) is 1. The number of carbonyl (C=O) groups excluding carboxylic acids is 2. The number of carbonyl (C=O) groups is 2. The Labute approximate surface area is 174 Å². The van der Waals surface area contributed by atoms with Crippen LogP contribution in [0.1, 0.15) is 50.6 Å². The number of nitrogens with zero attached hydrogens (tertiary/aromatic N) is 2. The monoisotopic (exact) mass is 405 g/mol. The number of amides is 1. The molecule has 0 fully saturated rings. The van der Waals surface area contributed by atoms with Crippen LogP contribution in [0.25, 0.3) is 0 Å². The highest BCUT2D eigenvalue weighted by atomic mass is 16.6. The van der Waals surface area contributed by atoms with Crippen molar-refractivity contribution in [3.05, 3.63) is 75.5 Å². The van der Waals surface area contributed by atoms with Crippen LogP contribution < -0.4 is 10.2 Å². The largest absolute Gasteiger partial charge is 0.357 e. The second-order valence-corrected chi connectivity index (χ2v) is 7.58. The first-order chi connectivity index (χ1) is 14.5. The zero-order valence-corrected chi connectivity index (χ0v) is 16.8. The lowest BCUT2D eigenvalue weighted by Gasteiger charge is -2.33. The van der Waals surface area contributed by atoms with Gasteiger partial charge in [0, 0.05) is 36.2 Å². The van der Waals surface area contributed by atoms with Crippen molar-refractivity contribution in [2.45, 2.75) is 45.1 Å². The number of allylic oxidation sites excluding steroid dienone is 1. The molecule has 0 unspecified atom stereocenters. The van der Waals surface area contributed by atoms with Gasteiger partial charge in [-0.2, -0.15) is 0 Å². The molecule has 0 aromatic heterocycles. The van der Waals surface area contributed by atoms with Gasteiger partial charge < -0.3 is 5.32 Å². The number of rotatable bonds is 4. The second-order valence-electron chi connectivity index (χ2n) is 7.58. The summed E-state index contributed by atoms with van der Waals surface area (Å²) in [6, 6.07) is 13.0. The molecule has 30 heavy (non-hydrogen) atoms. The fraction of sp³-hybridized carbons (Fsp3) is 0.304. The molecule has 4 rings (SSSR count). The number of fused-ring (bicyclic) bond motifs is 1. The molecular formula is C23H23N3O4. The van der Waals surface area contributed by atoms with Crippen LogP contribution in [0.3, 0.4) is 0 Å². The lowest BCUT2D eigenvalue weighted by Crippen LogP contribution is -2.37. The standard InChI is InChI=1S/C23H23N3O4/c1-2-7-21(28)25-19-12-4-3-10-17(19)24-18-11-6-13-20(27)22(18)23(25)15-8-5-9-16(14-15)26(29)30/h3-5,8-10,12,14,23-24H,2,6-7,11,13H2,1H3/t23-/m0/s1. The molecule has 2 aromatic rings. The SMILES string of the molecule is CCCC(=O)N1c2ccccc2NC2=C(C(=O)CCC2)[C@@H]1c1cccc([N+](=O)[O-])c1. The third-order valence-electron chi connectivity index (χ3n) is 5.57. The third kappa shape index (κ3) is 3.47. The molecule has 154 valence electrons. The fourth-order valence-corrected chi connectivity index (χ4v) is 4.27. The summed E-state index contributed by atoms with van der Waals surface area (Å²) in [6.07, 6.45) is 2.80. The molecule has 7 heteroatoms. The van der Waals surface area contributed by atoms with E-state index in [2.05, 4.69) is 5.32 Å². The molecule has 7 nitrogen and oxygen atoms in total. The molecule has 1 atom stereocenters. The molecule has 0 saturated heterocycles. The maximum absolute atomic E-state index is 13.3. The fourth-order valence-electron chi connectivity index (χ4n) is 4.27. The van der Waals surface area contributed by atoms with Crippen LogP contribution in [0.4, 0.5) is 17.1 Å². The van der Waals surface area contributed by atoms with Crippen LogP contribution in [0, 0.1) is 10.1 Å². The number of para-hydroxylation sites is 2. The van der Waals surface area contributed by atoms with Gasteiger partial charge in [0.05, 0.1) is 22.3 Å². The zero-order valence-electron chi connectivity index (χ0n) is 16.8. The van der Waals surface area contributed by atoms with Gasteiger partial charge >= 0.3 is 0 Å². The summed E-state index contributed by atoms with van der Waals surface area (Å²) in [7, 11) is 0. The minimum absolute atomic E-state index is 0.0256. The summed E-state index contributed by atoms with van der Waals surface area (Å²) in [5, 5.41) is 14.8. The normalized spacial score (nSPS) is 18.2. The number of hydrogen-bond donors (Lipinski definition) is 1. The van der Waals surface area contributed by atoms with Gasteiger partial charge in [-0.05, 0) is 37.0 Å². The first-order valence-electron chi connectivity index (χ1n) is 10.2. The third-order valence-corrected chi connectivity index (χ3v) is 5.57. The van der Waals surface area contributed by atoms with Gasteiger partial charge in [0.25, 0.3) is 5.69 Å². The molecule has 1 aliphatic heterocycles. The minimum Gasteiger partial charge on any atom is -0.357 e. The van der Waals surface area contributed by atoms with Crippen LogP contribution in [0.2, 0.25) is 0 Å². The van der Waals surface area contributed by atoms with Gasteiger partial charge in [-0.1, -0.05) is 31.2 Å². The number of non-ortho nitro benzene ring substituents is 1. The lowest BCUT2D eigenvalue weighted by atomic mass is 9.85. The van der Waals surface area contributed by atoms with Gasteiger partial charge in [-0.25, -0.2) is 0 Å². The predicted octanol–water partition coefficient (Wildman–Crippen LogP) is 4.90. The van der Waals surface area contributed by atoms with Gasteiger partial charge in [0.1, 0.15) is 0 Å². The molecule has 2 aromatic carbocycles. The van der Waals surface area contributed by atoms with Crippen LogP contribution in [-0.4, -0.2) is 16.6 Å². The van der Waals surface area contributed by atoms with Crippen LogP contribution in [-0.2, 0) is 9.59 Å². The Morgan fingerprint density at radius 3 is 2.77 bits per heavy atom. The Hall–Kier alpha value is -3.48. The van der Waals surface area contributed by atoms with Gasteiger partial charge in [-0.3, -0.25) is 24.6 Å². The summed E-state index contributed by atoms with van der Waals surface area (Å²) in [4.78, 5) is 39.0. The molecule has 1 heterocycles. The molecule has 0 spiro atoms. The van der Waals surface area contributed by atoms with Crippen molar-refractivity contribution >= 4 is 28.8 Å². The van der Waals surface area contributed by atoms with Crippen molar-refractivity contribution < 1.29 is 14.5 Å². The van der Waals surface area contributed by atoms with Gasteiger partial charge in [0.2, 0.25) is 5.91 Å². The molecule has 0 bridgehead atoms. The number of nitro groups is 1. The summed E-state index contributed by atoms with van der Waals surface area (Å²) in [6.45, 7) is 1.93. The summed E-state index contributed by atoms with van der Waals surface area (Å²) in [5.41, 5.74) is 3.26. The quantitative estimate of drug-likeness (QED) is 0.577. The van der Waals surface area contributed by atoms with E-state index < -0.39 is 11.0 Å². The number of nitro benzene ring substituents is 1. The van der Waals surface area contributed by atoms with Gasteiger partial charge in [-0.15, -0.1) is 0 Å². The average molecular weight is 405 g/mol. The number of benzene rings is 2. The van der Waals surface area contributed by atoms with E-state index in [1.165, 1.54) is 12.1 Å². The highest BCUT2D eigenvalue weighted by Gasteiger charge is 2.39. The molecule has 0 saturated carbocycles. The first kappa shape index (κ1) is 19.8. The van der Waals surface area contributed by atoms with Crippen molar-refractivity contribution in [2.75, 3.05) is 10.2 Å². The van der Waals surface area contributed by atoms with Crippen LogP contribution in [0.15, 0.2) is 59.8 Å². The topological polar surface area (TPSA) is 92.6 Å². The molecule has 1 N–H and O–H groups in total. The van der Waals surface area contributed by atoms with E-state index >= 15 is 0 Å². The number of ketones is 1. The smallest absolute Gasteiger partial charge is 0.269 e. The highest BCUT2D eigenvalue weighted by molar-refractivity contribution is 6.06. The van der Waals surface area contributed by atoms with E-state index in [0.29, 0.717) is 42.5 Å². The first-order valence-corrected chi connectivity index (χ1v) is 10.2. The minimum atomic E-state index is -0.706. The van der Waals surface area contributed by atoms with E-state index in [4.69, 9.17) is 0 Å². The molecular weight excluding hydrogens is 382 g/mol. The summed E-state index contributed by atoms with van der Waals surface area (Å²) >= 11 is 0. The maximum Gasteiger partial charge on any atom is 0.269 e. The molecule has 1 aliphatic carbocycles. The number of hydrogen-bond acceptors (Lipinski definition) is 5. The molecule has 2 aliphatic rings. The summed E-state index contributed by atoms with van der Waals surface area (Å²) in [5.74, 6) is -0.141. The van der Waals surface area contributed by atoms with Crippen LogP contribution in [0.5, 0.6) is 0 Å². The lowest BCUT2D eigenvalue weighted by molar-refractivity contribution is -0.384. The molecule has 0 radical (unpaired) electrons. The Morgan fingerprint density at radius 1 is 1.20 bits per heavy atom. The Bertz CT molecular complexity index is 1060. The predicted molar refractivity (Wildman–Crippen MR) is 114 cm³/mol. The number of nitrogens with one attached hydrogen (secondary N) is 1. The maximum atomic E-state index is 13.3. The van der Waals surface area contributed by atoms with Crippen molar-refractivity contribution in [1.82, 2.24) is 0 Å². The Kier molecular flexibility index (Phi) is 5.35. The Morgan fingerprint density at radius 2 is 2.00 bits per heavy atom. The average Bonchev–Trinajstić information content (AvgIpc) is 2.89. The van der Waals surface area contributed by atoms with E-state index in [0.717, 1.165) is 17.8 Å². The zero-order chi connectivity index (χ0) is 21.3. The second kappa shape index (κ2) is 8.10. The Balaban J connectivity index is 1.99. The van der Waals surface area contributed by atoms with Crippen LogP contribution >= 0.6 is 0 Å². The van der Waals surface area contributed by atoms with Crippen molar-refractivity contribution in [3.63, 3.8) is 0 Å². The number of anilines is 2. The van der Waals surface area contributed by atoms with Crippen molar-refractivity contribution in [3.8, 4) is 0 Å². The summed E-state index contributed by atoms with van der Waals surface area (Å²) < 4.78 is 0. The van der Waals surface area contributed by atoms with E-state index in [-0.39, 0.29) is 17.4 Å². The van der Waals surface area contributed by atoms with E-state index in [1.807, 2.05) is 31.2 Å². The van der Waals surface area contributed by atoms with Crippen molar-refractivity contribution in [1.29, 1.82) is 0 Å². The molecule has 1 amide bonds. The van der Waals surface area contributed by atoms with E-state index in [9.17, 15) is 19.7 Å². The highest BCUT2D eigenvalue weighted by Crippen LogP contribution is 2.45.